The first kappa shape index (κ1) is 22.4. The van der Waals surface area contributed by atoms with Gasteiger partial charge < -0.3 is 10.1 Å². The topological polar surface area (TPSA) is 38.3 Å². The highest BCUT2D eigenvalue weighted by Gasteiger charge is 2.17. The molecule has 0 spiro atoms. The van der Waals surface area contributed by atoms with Crippen LogP contribution in [0.2, 0.25) is 0 Å². The molecule has 0 radical (unpaired) electrons. The van der Waals surface area contributed by atoms with E-state index in [-0.39, 0.29) is 12.0 Å². The first-order valence-electron chi connectivity index (χ1n) is 10.2. The van der Waals surface area contributed by atoms with Crippen molar-refractivity contribution in [2.75, 3.05) is 13.2 Å². The molecule has 0 heterocycles. The molecule has 0 aromatic carbocycles. The van der Waals surface area contributed by atoms with Crippen molar-refractivity contribution in [3.63, 3.8) is 0 Å². The van der Waals surface area contributed by atoms with Crippen LogP contribution in [-0.2, 0) is 9.53 Å². The number of rotatable bonds is 17. The van der Waals surface area contributed by atoms with Crippen LogP contribution in [0, 0.1) is 0 Å². The van der Waals surface area contributed by atoms with Gasteiger partial charge in [0.2, 0.25) is 0 Å². The average molecular weight is 328 g/mol. The first-order valence-corrected chi connectivity index (χ1v) is 10.2. The zero-order chi connectivity index (χ0) is 17.2. The third kappa shape index (κ3) is 14.7. The van der Waals surface area contributed by atoms with Gasteiger partial charge in [-0.3, -0.25) is 4.79 Å². The predicted octanol–water partition coefficient (Wildman–Crippen LogP) is 5.62. The van der Waals surface area contributed by atoms with E-state index in [1.807, 2.05) is 13.8 Å². The summed E-state index contributed by atoms with van der Waals surface area (Å²) in [6.07, 6.45) is 17.1. The lowest BCUT2D eigenvalue weighted by Gasteiger charge is -2.15. The second-order valence-electron chi connectivity index (χ2n) is 6.54. The molecule has 0 fully saturated rings. The Kier molecular flexibility index (Phi) is 17.3. The van der Waals surface area contributed by atoms with E-state index in [9.17, 15) is 4.79 Å². The molecule has 1 unspecified atom stereocenters. The highest BCUT2D eigenvalue weighted by Crippen LogP contribution is 2.13. The van der Waals surface area contributed by atoms with Crippen LogP contribution in [0.4, 0.5) is 0 Å². The minimum atomic E-state index is -0.108. The van der Waals surface area contributed by atoms with Gasteiger partial charge in [-0.1, -0.05) is 90.9 Å². The van der Waals surface area contributed by atoms with Gasteiger partial charge in [-0.25, -0.2) is 0 Å². The molecule has 0 rings (SSSR count). The van der Waals surface area contributed by atoms with Crippen molar-refractivity contribution in [2.45, 2.75) is 110 Å². The van der Waals surface area contributed by atoms with Crippen LogP contribution in [0.1, 0.15) is 104 Å². The zero-order valence-electron chi connectivity index (χ0n) is 16.0. The lowest BCUT2D eigenvalue weighted by Crippen LogP contribution is -2.37. The minimum Gasteiger partial charge on any atom is -0.465 e. The molecule has 0 aliphatic heterocycles. The van der Waals surface area contributed by atoms with Gasteiger partial charge >= 0.3 is 5.97 Å². The molecule has 0 aliphatic rings. The lowest BCUT2D eigenvalue weighted by molar-refractivity contribution is -0.145. The van der Waals surface area contributed by atoms with Crippen LogP contribution in [0.5, 0.6) is 0 Å². The summed E-state index contributed by atoms with van der Waals surface area (Å²) in [6.45, 7) is 7.47. The third-order valence-electron chi connectivity index (χ3n) is 4.37. The van der Waals surface area contributed by atoms with Crippen LogP contribution in [0.3, 0.4) is 0 Å². The largest absolute Gasteiger partial charge is 0.465 e. The predicted molar refractivity (Wildman–Crippen MR) is 99.8 cm³/mol. The van der Waals surface area contributed by atoms with Gasteiger partial charge in [0.15, 0.2) is 0 Å². The molecular weight excluding hydrogens is 286 g/mol. The molecule has 0 saturated heterocycles. The van der Waals surface area contributed by atoms with Crippen LogP contribution < -0.4 is 5.32 Å². The number of ether oxygens (including phenoxy) is 1. The van der Waals surface area contributed by atoms with Gasteiger partial charge in [0.05, 0.1) is 6.61 Å². The fraction of sp³-hybridized carbons (Fsp3) is 0.950. The minimum absolute atomic E-state index is 0.0857. The Labute approximate surface area is 144 Å². The Morgan fingerprint density at radius 1 is 0.783 bits per heavy atom. The van der Waals surface area contributed by atoms with E-state index in [2.05, 4.69) is 12.2 Å². The van der Waals surface area contributed by atoms with Gasteiger partial charge in [-0.05, 0) is 19.9 Å². The highest BCUT2D eigenvalue weighted by atomic mass is 16.5. The third-order valence-corrected chi connectivity index (χ3v) is 4.37. The van der Waals surface area contributed by atoms with Crippen LogP contribution in [0.15, 0.2) is 0 Å². The van der Waals surface area contributed by atoms with Crippen molar-refractivity contribution in [2.24, 2.45) is 0 Å². The van der Waals surface area contributed by atoms with E-state index >= 15 is 0 Å². The smallest absolute Gasteiger partial charge is 0.323 e. The van der Waals surface area contributed by atoms with Crippen molar-refractivity contribution >= 4 is 5.97 Å². The van der Waals surface area contributed by atoms with Crippen molar-refractivity contribution in [3.8, 4) is 0 Å². The van der Waals surface area contributed by atoms with Crippen LogP contribution in [0.25, 0.3) is 0 Å². The molecule has 0 bridgehead atoms. The van der Waals surface area contributed by atoms with Crippen molar-refractivity contribution in [3.05, 3.63) is 0 Å². The van der Waals surface area contributed by atoms with Crippen molar-refractivity contribution < 1.29 is 9.53 Å². The number of unbranched alkanes of at least 4 members (excludes halogenated alkanes) is 11. The fourth-order valence-electron chi connectivity index (χ4n) is 2.98. The summed E-state index contributed by atoms with van der Waals surface area (Å²) in [7, 11) is 0. The van der Waals surface area contributed by atoms with Crippen molar-refractivity contribution in [1.29, 1.82) is 0 Å². The maximum atomic E-state index is 11.8. The van der Waals surface area contributed by atoms with Gasteiger partial charge in [-0.2, -0.15) is 0 Å². The van der Waals surface area contributed by atoms with Crippen LogP contribution in [-0.4, -0.2) is 25.2 Å². The Balaban J connectivity index is 3.40. The molecule has 3 nitrogen and oxygen atoms in total. The Morgan fingerprint density at radius 2 is 1.26 bits per heavy atom. The maximum absolute atomic E-state index is 11.8. The second kappa shape index (κ2) is 17.8. The molecule has 0 aromatic rings. The first-order chi connectivity index (χ1) is 11.3. The van der Waals surface area contributed by atoms with Gasteiger partial charge in [0, 0.05) is 0 Å². The maximum Gasteiger partial charge on any atom is 0.323 e. The number of carbonyl (C=O) groups excluding carboxylic acids is 1. The molecule has 1 N–H and O–H groups in total. The summed E-state index contributed by atoms with van der Waals surface area (Å²) < 4.78 is 5.11. The number of likely N-dealkylation sites (N-methyl/N-ethyl adjacent to an activating group) is 1. The lowest BCUT2D eigenvalue weighted by atomic mass is 10.0. The summed E-state index contributed by atoms with van der Waals surface area (Å²) in [4.78, 5) is 11.8. The van der Waals surface area contributed by atoms with Crippen molar-refractivity contribution in [1.82, 2.24) is 5.32 Å². The van der Waals surface area contributed by atoms with Gasteiger partial charge in [0.25, 0.3) is 0 Å². The molecule has 0 saturated carbocycles. The normalized spacial score (nSPS) is 12.3. The Hall–Kier alpha value is -0.570. The SMILES string of the molecule is CCCCCCCCCCCCCCC(NCC)C(=O)OCC. The monoisotopic (exact) mass is 327 g/mol. The molecule has 138 valence electrons. The van der Waals surface area contributed by atoms with E-state index in [1.54, 1.807) is 0 Å². The number of hydrogen-bond donors (Lipinski definition) is 1. The molecule has 0 amide bonds. The number of esters is 1. The van der Waals surface area contributed by atoms with E-state index in [0.29, 0.717) is 6.61 Å². The summed E-state index contributed by atoms with van der Waals surface area (Å²) in [6, 6.07) is -0.108. The number of hydrogen-bond acceptors (Lipinski definition) is 3. The summed E-state index contributed by atoms with van der Waals surface area (Å²) in [5.74, 6) is -0.0857. The summed E-state index contributed by atoms with van der Waals surface area (Å²) in [5.41, 5.74) is 0. The molecule has 23 heavy (non-hydrogen) atoms. The Bertz CT molecular complexity index is 256. The van der Waals surface area contributed by atoms with E-state index in [0.717, 1.165) is 19.4 Å². The van der Waals surface area contributed by atoms with E-state index in [4.69, 9.17) is 4.74 Å². The molecular formula is C20H41NO2. The molecule has 0 aromatic heterocycles. The zero-order valence-corrected chi connectivity index (χ0v) is 16.0. The Morgan fingerprint density at radius 3 is 1.70 bits per heavy atom. The average Bonchev–Trinajstić information content (AvgIpc) is 2.55. The summed E-state index contributed by atoms with van der Waals surface area (Å²) in [5, 5.41) is 3.23. The van der Waals surface area contributed by atoms with E-state index in [1.165, 1.54) is 70.6 Å². The quantitative estimate of drug-likeness (QED) is 0.278. The molecule has 0 aliphatic carbocycles. The highest BCUT2D eigenvalue weighted by molar-refractivity contribution is 5.75. The summed E-state index contributed by atoms with van der Waals surface area (Å²) >= 11 is 0. The molecule has 1 atom stereocenters. The number of nitrogens with one attached hydrogen (secondary N) is 1. The second-order valence-corrected chi connectivity index (χ2v) is 6.54. The molecule has 3 heteroatoms. The van der Waals surface area contributed by atoms with E-state index < -0.39 is 0 Å². The van der Waals surface area contributed by atoms with Gasteiger partial charge in [-0.15, -0.1) is 0 Å². The standard InChI is InChI=1S/C20H41NO2/c1-4-7-8-9-10-11-12-13-14-15-16-17-18-19(21-5-2)20(22)23-6-3/h19,21H,4-18H2,1-3H3. The number of carbonyl (C=O) groups is 1. The fourth-order valence-corrected chi connectivity index (χ4v) is 2.98. The van der Waals surface area contributed by atoms with Gasteiger partial charge in [0.1, 0.15) is 6.04 Å². The van der Waals surface area contributed by atoms with Crippen LogP contribution >= 0.6 is 0 Å².